The first-order valence-electron chi connectivity index (χ1n) is 3.25. The zero-order valence-corrected chi connectivity index (χ0v) is 6.23. The van der Waals surface area contributed by atoms with E-state index in [4.69, 9.17) is 5.11 Å². The fourth-order valence-corrected chi connectivity index (χ4v) is 0.716. The third-order valence-corrected chi connectivity index (χ3v) is 1.14. The maximum atomic E-state index is 9.16. The first-order chi connectivity index (χ1) is 5.33. The summed E-state index contributed by atoms with van der Waals surface area (Å²) in [4.78, 5) is 3.73. The van der Waals surface area contributed by atoms with Gasteiger partial charge in [-0.2, -0.15) is 5.10 Å². The molecule has 0 spiro atoms. The zero-order valence-electron chi connectivity index (χ0n) is 6.23. The van der Waals surface area contributed by atoms with E-state index >= 15 is 0 Å². The van der Waals surface area contributed by atoms with Crippen LogP contribution in [-0.4, -0.2) is 26.0 Å². The molecule has 0 fully saturated rings. The van der Waals surface area contributed by atoms with Crippen LogP contribution in [0, 0.1) is 11.8 Å². The van der Waals surface area contributed by atoms with Gasteiger partial charge in [0.2, 0.25) is 0 Å². The molecular formula is C7H9N3O. The highest BCUT2D eigenvalue weighted by Crippen LogP contribution is 1.86. The van der Waals surface area contributed by atoms with Gasteiger partial charge in [0.25, 0.3) is 0 Å². The van der Waals surface area contributed by atoms with Crippen LogP contribution < -0.4 is 0 Å². The van der Waals surface area contributed by atoms with Gasteiger partial charge in [0, 0.05) is 0 Å². The summed E-state index contributed by atoms with van der Waals surface area (Å²) in [6.07, 6.45) is 2.31. The van der Waals surface area contributed by atoms with Crippen LogP contribution in [0.5, 0.6) is 0 Å². The Labute approximate surface area is 64.9 Å². The van der Waals surface area contributed by atoms with Crippen LogP contribution in [0.4, 0.5) is 0 Å². The molecule has 58 valence electrons. The molecule has 1 atom stereocenters. The Morgan fingerprint density at radius 2 is 2.55 bits per heavy atom. The zero-order chi connectivity index (χ0) is 8.10. The Bertz CT molecular complexity index is 257. The fraction of sp³-hybridized carbons (Fsp3) is 0.429. The van der Waals surface area contributed by atoms with E-state index in [0.717, 1.165) is 0 Å². The van der Waals surface area contributed by atoms with E-state index in [1.165, 1.54) is 11.0 Å². The Morgan fingerprint density at radius 1 is 1.73 bits per heavy atom. The summed E-state index contributed by atoms with van der Waals surface area (Å²) in [6.45, 7) is 2.06. The number of aliphatic hydroxyl groups excluding tert-OH is 1. The predicted octanol–water partition coefficient (Wildman–Crippen LogP) is -0.338. The van der Waals surface area contributed by atoms with Crippen molar-refractivity contribution in [2.24, 2.45) is 0 Å². The molecule has 4 nitrogen and oxygen atoms in total. The van der Waals surface area contributed by atoms with Crippen molar-refractivity contribution in [2.75, 3.05) is 0 Å². The summed E-state index contributed by atoms with van der Waals surface area (Å²) in [5.41, 5.74) is 0. The lowest BCUT2D eigenvalue weighted by atomic mass is 10.3. The molecule has 0 saturated carbocycles. The summed E-state index contributed by atoms with van der Waals surface area (Å²) in [7, 11) is 0. The number of rotatable bonds is 2. The highest BCUT2D eigenvalue weighted by molar-refractivity contribution is 5.01. The molecule has 0 saturated heterocycles. The molecule has 1 aromatic heterocycles. The maximum Gasteiger partial charge on any atom is 0.137 e. The minimum atomic E-state index is -0.651. The molecule has 0 amide bonds. The van der Waals surface area contributed by atoms with Crippen molar-refractivity contribution in [3.8, 4) is 11.8 Å². The van der Waals surface area contributed by atoms with E-state index in [-0.39, 0.29) is 0 Å². The number of hydrogen-bond acceptors (Lipinski definition) is 3. The summed E-state index contributed by atoms with van der Waals surface area (Å²) < 4.78 is 1.54. The van der Waals surface area contributed by atoms with E-state index in [9.17, 15) is 0 Å². The second-order valence-electron chi connectivity index (χ2n) is 2.03. The Morgan fingerprint density at radius 3 is 3.09 bits per heavy atom. The third-order valence-electron chi connectivity index (χ3n) is 1.14. The molecule has 1 heterocycles. The number of aromatic nitrogens is 3. The second-order valence-corrected chi connectivity index (χ2v) is 2.03. The molecule has 0 radical (unpaired) electrons. The predicted molar refractivity (Wildman–Crippen MR) is 39.5 cm³/mol. The van der Waals surface area contributed by atoms with Crippen LogP contribution in [0.15, 0.2) is 12.7 Å². The molecule has 0 aromatic carbocycles. The van der Waals surface area contributed by atoms with E-state index in [2.05, 4.69) is 21.9 Å². The molecule has 1 aromatic rings. The molecule has 0 aliphatic heterocycles. The number of hydrogen-bond donors (Lipinski definition) is 1. The lowest BCUT2D eigenvalue weighted by molar-refractivity contribution is 0.204. The van der Waals surface area contributed by atoms with Crippen LogP contribution in [0.3, 0.4) is 0 Å². The van der Waals surface area contributed by atoms with Gasteiger partial charge < -0.3 is 5.11 Å². The smallest absolute Gasteiger partial charge is 0.137 e. The van der Waals surface area contributed by atoms with Crippen molar-refractivity contribution < 1.29 is 5.11 Å². The molecule has 4 heteroatoms. The van der Waals surface area contributed by atoms with Crippen LogP contribution >= 0.6 is 0 Å². The van der Waals surface area contributed by atoms with Crippen molar-refractivity contribution in [1.29, 1.82) is 0 Å². The first-order valence-corrected chi connectivity index (χ1v) is 3.25. The molecule has 1 unspecified atom stereocenters. The monoisotopic (exact) mass is 151 g/mol. The van der Waals surface area contributed by atoms with Crippen molar-refractivity contribution >= 4 is 0 Å². The summed E-state index contributed by atoms with van der Waals surface area (Å²) in [5.74, 6) is 5.22. The van der Waals surface area contributed by atoms with Gasteiger partial charge in [-0.1, -0.05) is 5.92 Å². The van der Waals surface area contributed by atoms with Crippen LogP contribution in [0.1, 0.15) is 6.92 Å². The number of aliphatic hydroxyl groups is 1. The van der Waals surface area contributed by atoms with Gasteiger partial charge in [0.1, 0.15) is 18.8 Å². The molecule has 1 N–H and O–H groups in total. The van der Waals surface area contributed by atoms with E-state index in [1.807, 2.05) is 0 Å². The standard InChI is InChI=1S/C7H9N3O/c1-2-3-7(11)4-10-6-8-5-9-10/h5-7,11H,4H2,1H3. The molecule has 0 aliphatic rings. The van der Waals surface area contributed by atoms with Gasteiger partial charge in [-0.15, -0.1) is 5.92 Å². The van der Waals surface area contributed by atoms with Crippen LogP contribution in [-0.2, 0) is 6.54 Å². The second kappa shape index (κ2) is 3.74. The average molecular weight is 151 g/mol. The minimum Gasteiger partial charge on any atom is -0.378 e. The summed E-state index contributed by atoms with van der Waals surface area (Å²) >= 11 is 0. The van der Waals surface area contributed by atoms with Crippen molar-refractivity contribution in [3.63, 3.8) is 0 Å². The van der Waals surface area contributed by atoms with Gasteiger partial charge in [0.15, 0.2) is 0 Å². The normalized spacial score (nSPS) is 11.8. The first kappa shape index (κ1) is 7.76. The third kappa shape index (κ3) is 2.40. The topological polar surface area (TPSA) is 50.9 Å². The lowest BCUT2D eigenvalue weighted by Gasteiger charge is -2.00. The van der Waals surface area contributed by atoms with Gasteiger partial charge in [-0.25, -0.2) is 9.67 Å². The summed E-state index contributed by atoms with van der Waals surface area (Å²) in [5, 5.41) is 13.0. The molecular weight excluding hydrogens is 142 g/mol. The van der Waals surface area contributed by atoms with E-state index in [0.29, 0.717) is 6.54 Å². The van der Waals surface area contributed by atoms with Crippen molar-refractivity contribution in [1.82, 2.24) is 14.8 Å². The van der Waals surface area contributed by atoms with Gasteiger partial charge in [0.05, 0.1) is 6.54 Å². The highest BCUT2D eigenvalue weighted by atomic mass is 16.3. The highest BCUT2D eigenvalue weighted by Gasteiger charge is 1.99. The van der Waals surface area contributed by atoms with Crippen LogP contribution in [0.2, 0.25) is 0 Å². The average Bonchev–Trinajstić information content (AvgIpc) is 2.40. The largest absolute Gasteiger partial charge is 0.378 e. The van der Waals surface area contributed by atoms with Gasteiger partial charge in [-0.05, 0) is 6.92 Å². The lowest BCUT2D eigenvalue weighted by Crippen LogP contribution is -2.13. The maximum absolute atomic E-state index is 9.16. The van der Waals surface area contributed by atoms with Crippen molar-refractivity contribution in [3.05, 3.63) is 12.7 Å². The minimum absolute atomic E-state index is 0.376. The van der Waals surface area contributed by atoms with Gasteiger partial charge in [-0.3, -0.25) is 0 Å². The van der Waals surface area contributed by atoms with E-state index < -0.39 is 6.10 Å². The van der Waals surface area contributed by atoms with Crippen LogP contribution in [0.25, 0.3) is 0 Å². The fourth-order valence-electron chi connectivity index (χ4n) is 0.716. The Hall–Kier alpha value is -1.34. The van der Waals surface area contributed by atoms with Crippen molar-refractivity contribution in [2.45, 2.75) is 19.6 Å². The summed E-state index contributed by atoms with van der Waals surface area (Å²) in [6, 6.07) is 0. The molecule has 0 aliphatic carbocycles. The SMILES string of the molecule is CC#CC(O)Cn1cncn1. The molecule has 1 rings (SSSR count). The quantitative estimate of drug-likeness (QED) is 0.588. The molecule has 11 heavy (non-hydrogen) atoms. The molecule has 0 bridgehead atoms. The number of nitrogens with zero attached hydrogens (tertiary/aromatic N) is 3. The van der Waals surface area contributed by atoms with E-state index in [1.54, 1.807) is 13.3 Å². The van der Waals surface area contributed by atoms with Gasteiger partial charge >= 0.3 is 0 Å². The Kier molecular flexibility index (Phi) is 2.64. The Balaban J connectivity index is 2.48.